The first-order valence-corrected chi connectivity index (χ1v) is 7.63. The molecular weight excluding hydrogens is 262 g/mol. The number of allylic oxidation sites excluding steroid dienone is 1. The molecule has 0 bridgehead atoms. The summed E-state index contributed by atoms with van der Waals surface area (Å²) in [5.41, 5.74) is 2.93. The molecule has 0 radical (unpaired) electrons. The second-order valence-corrected chi connectivity index (χ2v) is 5.57. The van der Waals surface area contributed by atoms with Gasteiger partial charge in [0.1, 0.15) is 12.3 Å². The molecule has 0 aliphatic carbocycles. The maximum atomic E-state index is 12.1. The van der Waals surface area contributed by atoms with Crippen LogP contribution >= 0.6 is 0 Å². The molecule has 0 amide bonds. The highest BCUT2D eigenvalue weighted by atomic mass is 16.5. The van der Waals surface area contributed by atoms with Gasteiger partial charge >= 0.3 is 5.97 Å². The number of hydrogen-bond donors (Lipinski definition) is 0. The van der Waals surface area contributed by atoms with Crippen LogP contribution in [0, 0.1) is 0 Å². The molecule has 0 heterocycles. The molecule has 0 aliphatic heterocycles. The van der Waals surface area contributed by atoms with E-state index in [4.69, 9.17) is 4.74 Å². The maximum Gasteiger partial charge on any atom is 0.354 e. The van der Waals surface area contributed by atoms with Gasteiger partial charge in [-0.1, -0.05) is 51.1 Å². The largest absolute Gasteiger partial charge is 0.456 e. The third kappa shape index (κ3) is 5.25. The number of rotatable bonds is 7. The molecule has 1 rings (SSSR count). The van der Waals surface area contributed by atoms with Crippen molar-refractivity contribution in [3.63, 3.8) is 0 Å². The minimum Gasteiger partial charge on any atom is -0.456 e. The lowest BCUT2D eigenvalue weighted by molar-refractivity contribution is -0.142. The highest BCUT2D eigenvalue weighted by Gasteiger charge is 2.14. The summed E-state index contributed by atoms with van der Waals surface area (Å²) < 4.78 is 5.40. The fraction of sp³-hybridized carbons (Fsp3) is 0.500. The Morgan fingerprint density at radius 1 is 1.29 bits per heavy atom. The van der Waals surface area contributed by atoms with E-state index >= 15 is 0 Å². The lowest BCUT2D eigenvalue weighted by Gasteiger charge is -2.20. The monoisotopic (exact) mass is 289 g/mol. The lowest BCUT2D eigenvalue weighted by atomic mass is 10.0. The fourth-order valence-corrected chi connectivity index (χ4v) is 2.17. The van der Waals surface area contributed by atoms with Crippen LogP contribution in [0.3, 0.4) is 0 Å². The second kappa shape index (κ2) is 8.50. The molecule has 0 saturated carbocycles. The van der Waals surface area contributed by atoms with Gasteiger partial charge in [0.15, 0.2) is 0 Å². The molecule has 1 aromatic carbocycles. The van der Waals surface area contributed by atoms with Gasteiger partial charge in [-0.05, 0) is 30.4 Å². The van der Waals surface area contributed by atoms with Gasteiger partial charge in [-0.25, -0.2) is 4.79 Å². The van der Waals surface area contributed by atoms with Crippen LogP contribution in [-0.4, -0.2) is 24.5 Å². The van der Waals surface area contributed by atoms with Crippen molar-refractivity contribution in [2.45, 2.75) is 46.6 Å². The first-order valence-electron chi connectivity index (χ1n) is 7.63. The molecular formula is C18H27NO2. The van der Waals surface area contributed by atoms with Crippen LogP contribution in [0.25, 0.3) is 0 Å². The topological polar surface area (TPSA) is 29.5 Å². The molecule has 0 N–H and O–H groups in total. The molecule has 0 saturated heterocycles. The molecule has 0 aromatic heterocycles. The highest BCUT2D eigenvalue weighted by Crippen LogP contribution is 2.15. The van der Waals surface area contributed by atoms with E-state index in [1.165, 1.54) is 5.56 Å². The van der Waals surface area contributed by atoms with Crippen LogP contribution in [0.2, 0.25) is 0 Å². The van der Waals surface area contributed by atoms with Crippen LogP contribution in [-0.2, 0) is 16.1 Å². The number of likely N-dealkylation sites (N-methyl/N-ethyl adjacent to an activating group) is 1. The second-order valence-electron chi connectivity index (χ2n) is 5.57. The van der Waals surface area contributed by atoms with E-state index in [0.717, 1.165) is 18.5 Å². The number of hydrogen-bond acceptors (Lipinski definition) is 3. The first-order chi connectivity index (χ1) is 9.99. The van der Waals surface area contributed by atoms with E-state index in [1.54, 1.807) is 6.08 Å². The number of benzene rings is 1. The summed E-state index contributed by atoms with van der Waals surface area (Å²) in [5.74, 6) is 0.250. The third-order valence-corrected chi connectivity index (χ3v) is 3.47. The Balaban J connectivity index is 2.59. The molecule has 0 unspecified atom stereocenters. The predicted molar refractivity (Wildman–Crippen MR) is 87.0 cm³/mol. The van der Waals surface area contributed by atoms with E-state index in [9.17, 15) is 4.79 Å². The van der Waals surface area contributed by atoms with Crippen molar-refractivity contribution in [3.05, 3.63) is 47.2 Å². The van der Waals surface area contributed by atoms with Gasteiger partial charge in [0.05, 0.1) is 0 Å². The van der Waals surface area contributed by atoms with Gasteiger partial charge in [-0.3, -0.25) is 0 Å². The number of carbonyl (C=O) groups is 1. The highest BCUT2D eigenvalue weighted by molar-refractivity contribution is 5.87. The Kier molecular flexibility index (Phi) is 7.00. The Morgan fingerprint density at radius 2 is 1.90 bits per heavy atom. The molecule has 0 aliphatic rings. The predicted octanol–water partition coefficient (Wildman–Crippen LogP) is 4.10. The fourth-order valence-electron chi connectivity index (χ4n) is 2.17. The van der Waals surface area contributed by atoms with E-state index < -0.39 is 0 Å². The molecule has 116 valence electrons. The van der Waals surface area contributed by atoms with E-state index in [1.807, 2.05) is 31.0 Å². The summed E-state index contributed by atoms with van der Waals surface area (Å²) in [6.07, 6.45) is 2.80. The summed E-state index contributed by atoms with van der Waals surface area (Å²) in [4.78, 5) is 14.0. The van der Waals surface area contributed by atoms with Crippen molar-refractivity contribution in [2.24, 2.45) is 0 Å². The number of ether oxygens (including phenoxy) is 1. The van der Waals surface area contributed by atoms with Gasteiger partial charge in [-0.2, -0.15) is 0 Å². The van der Waals surface area contributed by atoms with Gasteiger partial charge in [0.2, 0.25) is 0 Å². The van der Waals surface area contributed by atoms with Crippen molar-refractivity contribution >= 4 is 5.97 Å². The maximum absolute atomic E-state index is 12.1. The normalized spacial score (nSPS) is 11.6. The summed E-state index contributed by atoms with van der Waals surface area (Å²) >= 11 is 0. The zero-order valence-electron chi connectivity index (χ0n) is 13.8. The summed E-state index contributed by atoms with van der Waals surface area (Å²) in [6, 6.07) is 8.22. The summed E-state index contributed by atoms with van der Waals surface area (Å²) in [6.45, 7) is 9.44. The van der Waals surface area contributed by atoms with Gasteiger partial charge in [-0.15, -0.1) is 0 Å². The summed E-state index contributed by atoms with van der Waals surface area (Å²) in [7, 11) is 1.91. The molecule has 3 nitrogen and oxygen atoms in total. The number of esters is 1. The Morgan fingerprint density at radius 3 is 2.38 bits per heavy atom. The van der Waals surface area contributed by atoms with Crippen molar-refractivity contribution < 1.29 is 9.53 Å². The van der Waals surface area contributed by atoms with Gasteiger partial charge < -0.3 is 9.64 Å². The lowest BCUT2D eigenvalue weighted by Crippen LogP contribution is -2.25. The molecule has 1 aromatic rings. The van der Waals surface area contributed by atoms with Crippen molar-refractivity contribution in [1.29, 1.82) is 0 Å². The van der Waals surface area contributed by atoms with Gasteiger partial charge in [0.25, 0.3) is 0 Å². The SMILES string of the molecule is C/C=C(/C(=O)OCc1ccc(C(C)C)cc1)N(C)CCC. The van der Waals surface area contributed by atoms with Gasteiger partial charge in [0, 0.05) is 13.6 Å². The van der Waals surface area contributed by atoms with Crippen LogP contribution in [0.4, 0.5) is 0 Å². The average Bonchev–Trinajstić information content (AvgIpc) is 2.46. The Hall–Kier alpha value is -1.77. The van der Waals surface area contributed by atoms with Crippen LogP contribution in [0.15, 0.2) is 36.0 Å². The molecule has 3 heteroatoms. The minimum absolute atomic E-state index is 0.263. The van der Waals surface area contributed by atoms with Crippen molar-refractivity contribution in [2.75, 3.05) is 13.6 Å². The smallest absolute Gasteiger partial charge is 0.354 e. The quantitative estimate of drug-likeness (QED) is 0.559. The van der Waals surface area contributed by atoms with Crippen LogP contribution in [0.5, 0.6) is 0 Å². The van der Waals surface area contributed by atoms with Crippen LogP contribution in [0.1, 0.15) is 51.2 Å². The van der Waals surface area contributed by atoms with Crippen molar-refractivity contribution in [3.8, 4) is 0 Å². The first kappa shape index (κ1) is 17.3. The molecule has 0 spiro atoms. The van der Waals surface area contributed by atoms with E-state index in [0.29, 0.717) is 18.2 Å². The zero-order valence-corrected chi connectivity index (χ0v) is 13.8. The zero-order chi connectivity index (χ0) is 15.8. The Bertz CT molecular complexity index is 474. The molecule has 21 heavy (non-hydrogen) atoms. The average molecular weight is 289 g/mol. The molecule has 0 fully saturated rings. The third-order valence-electron chi connectivity index (χ3n) is 3.47. The standard InChI is InChI=1S/C18H27NO2/c1-6-12-19(5)17(7-2)18(20)21-13-15-8-10-16(11-9-15)14(3)4/h7-11,14H,6,12-13H2,1-5H3/b17-7-. The summed E-state index contributed by atoms with van der Waals surface area (Å²) in [5, 5.41) is 0. The van der Waals surface area contributed by atoms with E-state index in [2.05, 4.69) is 32.9 Å². The van der Waals surface area contributed by atoms with E-state index in [-0.39, 0.29) is 5.97 Å². The van der Waals surface area contributed by atoms with Crippen LogP contribution < -0.4 is 0 Å². The number of carbonyl (C=O) groups excluding carboxylic acids is 1. The Labute approximate surface area is 128 Å². The minimum atomic E-state index is -0.263. The molecule has 0 atom stereocenters. The number of nitrogens with zero attached hydrogens (tertiary/aromatic N) is 1. The van der Waals surface area contributed by atoms with Crippen molar-refractivity contribution in [1.82, 2.24) is 4.90 Å².